The van der Waals surface area contributed by atoms with Crippen LogP contribution in [0.4, 0.5) is 0 Å². The molecule has 0 unspecified atom stereocenters. The summed E-state index contributed by atoms with van der Waals surface area (Å²) in [6.07, 6.45) is 2.32. The molecule has 1 aromatic rings. The van der Waals surface area contributed by atoms with Crippen LogP contribution < -0.4 is 0 Å². The van der Waals surface area contributed by atoms with Crippen LogP contribution in [0.1, 0.15) is 24.5 Å². The molecular formula is C17H27NO2. The predicted molar refractivity (Wildman–Crippen MR) is 83.8 cm³/mol. The van der Waals surface area contributed by atoms with Crippen molar-refractivity contribution in [3.05, 3.63) is 48.0 Å². The summed E-state index contributed by atoms with van der Waals surface area (Å²) in [6, 6.07) is 8.52. The van der Waals surface area contributed by atoms with Crippen molar-refractivity contribution < 1.29 is 9.84 Å². The summed E-state index contributed by atoms with van der Waals surface area (Å²) < 4.78 is 5.30. The molecule has 0 bridgehead atoms. The first-order valence-electron chi connectivity index (χ1n) is 7.30. The van der Waals surface area contributed by atoms with Crippen LogP contribution in [-0.2, 0) is 11.3 Å². The predicted octanol–water partition coefficient (Wildman–Crippen LogP) is 2.77. The van der Waals surface area contributed by atoms with Crippen molar-refractivity contribution in [2.75, 3.05) is 26.3 Å². The lowest BCUT2D eigenvalue weighted by atomic mass is 10.1. The lowest BCUT2D eigenvalue weighted by molar-refractivity contribution is 0.0246. The van der Waals surface area contributed by atoms with Gasteiger partial charge in [-0.05, 0) is 25.5 Å². The summed E-state index contributed by atoms with van der Waals surface area (Å²) in [4.78, 5) is 2.27. The molecule has 0 fully saturated rings. The van der Waals surface area contributed by atoms with Gasteiger partial charge in [-0.1, -0.05) is 42.8 Å². The number of aliphatic hydroxyl groups excluding tert-OH is 1. The average molecular weight is 277 g/mol. The van der Waals surface area contributed by atoms with Gasteiger partial charge in [0.2, 0.25) is 0 Å². The fourth-order valence-corrected chi connectivity index (χ4v) is 2.26. The molecule has 0 aliphatic carbocycles. The Hall–Kier alpha value is -1.16. The summed E-state index contributed by atoms with van der Waals surface area (Å²) >= 11 is 0. The first kappa shape index (κ1) is 16.9. The van der Waals surface area contributed by atoms with Crippen LogP contribution in [0.15, 0.2) is 36.9 Å². The second kappa shape index (κ2) is 9.70. The number of rotatable bonds is 10. The molecule has 1 atom stereocenters. The molecule has 1 rings (SSSR count). The van der Waals surface area contributed by atoms with Crippen molar-refractivity contribution in [1.29, 1.82) is 0 Å². The Morgan fingerprint density at radius 2 is 2.25 bits per heavy atom. The van der Waals surface area contributed by atoms with Gasteiger partial charge in [0.05, 0.1) is 19.3 Å². The minimum Gasteiger partial charge on any atom is -0.389 e. The summed E-state index contributed by atoms with van der Waals surface area (Å²) in [7, 11) is 0. The fraction of sp³-hybridized carbons (Fsp3) is 0.529. The standard InChI is InChI=1S/C17H27NO2/c1-4-9-18(13-17(19)14-20-10-5-2)12-16-8-6-7-15(3)11-16/h5-8,11,17,19H,2,4,9-10,12-14H2,1,3H3/t17-/m0/s1. The van der Waals surface area contributed by atoms with E-state index >= 15 is 0 Å². The topological polar surface area (TPSA) is 32.7 Å². The Balaban J connectivity index is 2.48. The highest BCUT2D eigenvalue weighted by atomic mass is 16.5. The van der Waals surface area contributed by atoms with E-state index in [4.69, 9.17) is 4.74 Å². The third kappa shape index (κ3) is 6.85. The van der Waals surface area contributed by atoms with Gasteiger partial charge in [-0.3, -0.25) is 4.90 Å². The highest BCUT2D eigenvalue weighted by molar-refractivity contribution is 5.22. The first-order valence-corrected chi connectivity index (χ1v) is 7.30. The van der Waals surface area contributed by atoms with E-state index in [0.717, 1.165) is 19.5 Å². The normalized spacial score (nSPS) is 12.6. The number of benzene rings is 1. The zero-order valence-electron chi connectivity index (χ0n) is 12.7. The average Bonchev–Trinajstić information content (AvgIpc) is 2.39. The molecular weight excluding hydrogens is 250 g/mol. The molecule has 0 saturated carbocycles. The summed E-state index contributed by atoms with van der Waals surface area (Å²) in [5, 5.41) is 10.0. The smallest absolute Gasteiger partial charge is 0.0900 e. The molecule has 0 amide bonds. The van der Waals surface area contributed by atoms with Gasteiger partial charge in [0.15, 0.2) is 0 Å². The van der Waals surface area contributed by atoms with E-state index in [9.17, 15) is 5.11 Å². The van der Waals surface area contributed by atoms with E-state index < -0.39 is 6.10 Å². The van der Waals surface area contributed by atoms with Crippen molar-refractivity contribution >= 4 is 0 Å². The molecule has 0 aromatic heterocycles. The van der Waals surface area contributed by atoms with Gasteiger partial charge >= 0.3 is 0 Å². The number of aryl methyl sites for hydroxylation is 1. The van der Waals surface area contributed by atoms with E-state index in [2.05, 4.69) is 49.6 Å². The van der Waals surface area contributed by atoms with Crippen molar-refractivity contribution in [2.24, 2.45) is 0 Å². The molecule has 112 valence electrons. The molecule has 0 saturated heterocycles. The second-order valence-corrected chi connectivity index (χ2v) is 5.20. The quantitative estimate of drug-likeness (QED) is 0.527. The van der Waals surface area contributed by atoms with Gasteiger partial charge in [-0.15, -0.1) is 6.58 Å². The van der Waals surface area contributed by atoms with Crippen LogP contribution >= 0.6 is 0 Å². The maximum absolute atomic E-state index is 10.0. The molecule has 3 nitrogen and oxygen atoms in total. The second-order valence-electron chi connectivity index (χ2n) is 5.20. The molecule has 20 heavy (non-hydrogen) atoms. The Labute approximate surface area is 122 Å². The molecule has 0 radical (unpaired) electrons. The molecule has 0 heterocycles. The number of hydrogen-bond donors (Lipinski definition) is 1. The summed E-state index contributed by atoms with van der Waals surface area (Å²) in [5.74, 6) is 0. The lowest BCUT2D eigenvalue weighted by Crippen LogP contribution is -2.35. The molecule has 1 aromatic carbocycles. The highest BCUT2D eigenvalue weighted by Crippen LogP contribution is 2.09. The van der Waals surface area contributed by atoms with Gasteiger partial charge in [0, 0.05) is 13.1 Å². The van der Waals surface area contributed by atoms with Crippen LogP contribution in [0.25, 0.3) is 0 Å². The Kier molecular flexibility index (Phi) is 8.19. The fourth-order valence-electron chi connectivity index (χ4n) is 2.26. The van der Waals surface area contributed by atoms with Crippen molar-refractivity contribution in [3.63, 3.8) is 0 Å². The third-order valence-electron chi connectivity index (χ3n) is 3.04. The summed E-state index contributed by atoms with van der Waals surface area (Å²) in [6.45, 7) is 11.2. The van der Waals surface area contributed by atoms with Gasteiger partial charge in [0.1, 0.15) is 0 Å². The first-order chi connectivity index (χ1) is 9.65. The Bertz CT molecular complexity index is 392. The molecule has 0 aliphatic heterocycles. The minimum atomic E-state index is -0.452. The number of ether oxygens (including phenoxy) is 1. The zero-order valence-corrected chi connectivity index (χ0v) is 12.7. The van der Waals surface area contributed by atoms with Crippen molar-refractivity contribution in [1.82, 2.24) is 4.90 Å². The van der Waals surface area contributed by atoms with E-state index in [1.165, 1.54) is 11.1 Å². The van der Waals surface area contributed by atoms with Crippen LogP contribution in [-0.4, -0.2) is 42.4 Å². The zero-order chi connectivity index (χ0) is 14.8. The Morgan fingerprint density at radius 3 is 2.90 bits per heavy atom. The molecule has 0 aliphatic rings. The SMILES string of the molecule is C=CCOC[C@@H](O)CN(CCC)Cc1cccc(C)c1. The number of nitrogens with zero attached hydrogens (tertiary/aromatic N) is 1. The van der Waals surface area contributed by atoms with E-state index in [1.807, 2.05) is 0 Å². The maximum Gasteiger partial charge on any atom is 0.0900 e. The molecule has 3 heteroatoms. The largest absolute Gasteiger partial charge is 0.389 e. The van der Waals surface area contributed by atoms with Gasteiger partial charge < -0.3 is 9.84 Å². The van der Waals surface area contributed by atoms with Crippen molar-refractivity contribution in [2.45, 2.75) is 32.9 Å². The van der Waals surface area contributed by atoms with E-state index in [1.54, 1.807) is 6.08 Å². The van der Waals surface area contributed by atoms with Gasteiger partial charge in [0.25, 0.3) is 0 Å². The minimum absolute atomic E-state index is 0.361. The van der Waals surface area contributed by atoms with Crippen LogP contribution in [0.3, 0.4) is 0 Å². The van der Waals surface area contributed by atoms with Crippen LogP contribution in [0.2, 0.25) is 0 Å². The third-order valence-corrected chi connectivity index (χ3v) is 3.04. The number of hydrogen-bond acceptors (Lipinski definition) is 3. The van der Waals surface area contributed by atoms with E-state index in [-0.39, 0.29) is 0 Å². The monoisotopic (exact) mass is 277 g/mol. The summed E-state index contributed by atoms with van der Waals surface area (Å²) in [5.41, 5.74) is 2.56. The lowest BCUT2D eigenvalue weighted by Gasteiger charge is -2.24. The number of aliphatic hydroxyl groups is 1. The van der Waals surface area contributed by atoms with Crippen LogP contribution in [0.5, 0.6) is 0 Å². The van der Waals surface area contributed by atoms with Crippen LogP contribution in [0, 0.1) is 6.92 Å². The van der Waals surface area contributed by atoms with Crippen molar-refractivity contribution in [3.8, 4) is 0 Å². The maximum atomic E-state index is 10.0. The van der Waals surface area contributed by atoms with E-state index in [0.29, 0.717) is 19.8 Å². The van der Waals surface area contributed by atoms with Gasteiger partial charge in [-0.2, -0.15) is 0 Å². The molecule has 1 N–H and O–H groups in total. The molecule has 0 spiro atoms. The highest BCUT2D eigenvalue weighted by Gasteiger charge is 2.11. The Morgan fingerprint density at radius 1 is 1.45 bits per heavy atom. The van der Waals surface area contributed by atoms with Gasteiger partial charge in [-0.25, -0.2) is 0 Å².